The second-order valence-corrected chi connectivity index (χ2v) is 7.47. The lowest BCUT2D eigenvalue weighted by molar-refractivity contribution is -0.0284. The van der Waals surface area contributed by atoms with Crippen molar-refractivity contribution in [3.63, 3.8) is 0 Å². The molecule has 2 rings (SSSR count). The van der Waals surface area contributed by atoms with Crippen LogP contribution in [0, 0.1) is 23.7 Å². The van der Waals surface area contributed by atoms with Crippen LogP contribution in [0.2, 0.25) is 0 Å². The first-order chi connectivity index (χ1) is 10.3. The minimum atomic E-state index is -2.62. The standard InChI is InChI=1S/C18H28F4/c1-3-4-14-9-10-15(17(20)16(14)19)13-7-5-12(6-8-13)11-18(2,21)22/h3,12-17H,1,4-11H2,2H3. The van der Waals surface area contributed by atoms with Crippen molar-refractivity contribution in [2.24, 2.45) is 23.7 Å². The lowest BCUT2D eigenvalue weighted by Crippen LogP contribution is -2.42. The zero-order chi connectivity index (χ0) is 16.3. The largest absolute Gasteiger partial charge is 0.245 e. The molecule has 0 saturated heterocycles. The molecule has 0 aromatic carbocycles. The van der Waals surface area contributed by atoms with Gasteiger partial charge in [-0.2, -0.15) is 0 Å². The Morgan fingerprint density at radius 1 is 1.00 bits per heavy atom. The third-order valence-electron chi connectivity index (χ3n) is 5.65. The quantitative estimate of drug-likeness (QED) is 0.423. The number of rotatable bonds is 5. The van der Waals surface area contributed by atoms with Gasteiger partial charge in [-0.15, -0.1) is 6.58 Å². The predicted molar refractivity (Wildman–Crippen MR) is 81.5 cm³/mol. The molecular weight excluding hydrogens is 292 g/mol. The molecule has 0 radical (unpaired) electrons. The number of hydrogen-bond donors (Lipinski definition) is 0. The fourth-order valence-corrected chi connectivity index (χ4v) is 4.51. The Bertz CT molecular complexity index is 355. The Labute approximate surface area is 131 Å². The fraction of sp³-hybridized carbons (Fsp3) is 0.889. The van der Waals surface area contributed by atoms with Crippen molar-refractivity contribution < 1.29 is 17.6 Å². The lowest BCUT2D eigenvalue weighted by Gasteiger charge is -2.41. The van der Waals surface area contributed by atoms with Gasteiger partial charge in [0.15, 0.2) is 0 Å². The van der Waals surface area contributed by atoms with E-state index in [2.05, 4.69) is 6.58 Å². The highest BCUT2D eigenvalue weighted by Crippen LogP contribution is 2.45. The maximum absolute atomic E-state index is 14.4. The van der Waals surface area contributed by atoms with Gasteiger partial charge in [0, 0.05) is 6.42 Å². The van der Waals surface area contributed by atoms with Gasteiger partial charge >= 0.3 is 0 Å². The molecule has 4 atom stereocenters. The van der Waals surface area contributed by atoms with Crippen LogP contribution in [0.1, 0.15) is 58.3 Å². The average Bonchev–Trinajstić information content (AvgIpc) is 2.44. The van der Waals surface area contributed by atoms with Crippen LogP contribution in [-0.2, 0) is 0 Å². The van der Waals surface area contributed by atoms with Gasteiger partial charge in [-0.25, -0.2) is 17.6 Å². The van der Waals surface area contributed by atoms with Crippen molar-refractivity contribution in [3.05, 3.63) is 12.7 Å². The van der Waals surface area contributed by atoms with Crippen molar-refractivity contribution >= 4 is 0 Å². The number of alkyl halides is 4. The third kappa shape index (κ3) is 4.48. The molecule has 0 aromatic heterocycles. The zero-order valence-corrected chi connectivity index (χ0v) is 13.4. The second kappa shape index (κ2) is 7.35. The smallest absolute Gasteiger partial charge is 0.244 e. The minimum Gasteiger partial charge on any atom is -0.244 e. The molecule has 22 heavy (non-hydrogen) atoms. The Balaban J connectivity index is 1.85. The molecule has 2 saturated carbocycles. The minimum absolute atomic E-state index is 0.0348. The Kier molecular flexibility index (Phi) is 5.95. The number of hydrogen-bond acceptors (Lipinski definition) is 0. The molecule has 0 amide bonds. The molecule has 2 aliphatic rings. The van der Waals surface area contributed by atoms with Crippen molar-refractivity contribution in [3.8, 4) is 0 Å². The van der Waals surface area contributed by atoms with Crippen LogP contribution < -0.4 is 0 Å². The molecule has 4 heteroatoms. The van der Waals surface area contributed by atoms with Gasteiger partial charge in [0.25, 0.3) is 0 Å². The van der Waals surface area contributed by atoms with Gasteiger partial charge in [-0.05, 0) is 75.5 Å². The van der Waals surface area contributed by atoms with Crippen LogP contribution in [0.3, 0.4) is 0 Å². The van der Waals surface area contributed by atoms with Gasteiger partial charge in [0.05, 0.1) is 0 Å². The predicted octanol–water partition coefficient (Wildman–Crippen LogP) is 6.12. The summed E-state index contributed by atoms with van der Waals surface area (Å²) in [6.07, 6.45) is 3.76. The highest BCUT2D eigenvalue weighted by molar-refractivity contribution is 4.94. The monoisotopic (exact) mass is 320 g/mol. The summed E-state index contributed by atoms with van der Waals surface area (Å²) in [5.74, 6) is -2.88. The Morgan fingerprint density at radius 2 is 1.64 bits per heavy atom. The summed E-state index contributed by atoms with van der Waals surface area (Å²) in [5.41, 5.74) is 0. The van der Waals surface area contributed by atoms with E-state index in [0.717, 1.165) is 39.0 Å². The van der Waals surface area contributed by atoms with Gasteiger partial charge in [0.1, 0.15) is 12.3 Å². The van der Waals surface area contributed by atoms with Gasteiger partial charge in [0.2, 0.25) is 5.92 Å². The van der Waals surface area contributed by atoms with E-state index in [0.29, 0.717) is 12.8 Å². The van der Waals surface area contributed by atoms with Crippen LogP contribution in [0.4, 0.5) is 17.6 Å². The molecule has 0 nitrogen and oxygen atoms in total. The fourth-order valence-electron chi connectivity index (χ4n) is 4.51. The summed E-state index contributed by atoms with van der Waals surface area (Å²) in [6.45, 7) is 4.57. The van der Waals surface area contributed by atoms with Crippen molar-refractivity contribution in [1.82, 2.24) is 0 Å². The van der Waals surface area contributed by atoms with Crippen LogP contribution in [-0.4, -0.2) is 18.3 Å². The van der Waals surface area contributed by atoms with Crippen molar-refractivity contribution in [2.75, 3.05) is 0 Å². The molecule has 4 unspecified atom stereocenters. The van der Waals surface area contributed by atoms with Crippen LogP contribution in [0.15, 0.2) is 12.7 Å². The molecule has 0 bridgehead atoms. The van der Waals surface area contributed by atoms with Crippen molar-refractivity contribution in [2.45, 2.75) is 76.6 Å². The summed E-state index contributed by atoms with van der Waals surface area (Å²) < 4.78 is 54.8. The van der Waals surface area contributed by atoms with Crippen LogP contribution in [0.5, 0.6) is 0 Å². The SMILES string of the molecule is C=CCC1CCC(C2CCC(CC(C)(F)F)CC2)C(F)C1F. The van der Waals surface area contributed by atoms with E-state index in [4.69, 9.17) is 0 Å². The summed E-state index contributed by atoms with van der Waals surface area (Å²) in [6, 6.07) is 0. The van der Waals surface area contributed by atoms with E-state index in [9.17, 15) is 17.6 Å². The van der Waals surface area contributed by atoms with E-state index in [-0.39, 0.29) is 30.1 Å². The average molecular weight is 320 g/mol. The summed E-state index contributed by atoms with van der Waals surface area (Å²) in [4.78, 5) is 0. The highest BCUT2D eigenvalue weighted by Gasteiger charge is 2.43. The maximum Gasteiger partial charge on any atom is 0.245 e. The first-order valence-corrected chi connectivity index (χ1v) is 8.58. The lowest BCUT2D eigenvalue weighted by atomic mass is 9.67. The first kappa shape index (κ1) is 17.8. The second-order valence-electron chi connectivity index (χ2n) is 7.47. The molecule has 0 aromatic rings. The molecule has 2 aliphatic carbocycles. The molecule has 0 heterocycles. The molecule has 0 N–H and O–H groups in total. The Hall–Kier alpha value is -0.540. The summed E-state index contributed by atoms with van der Waals surface area (Å²) in [7, 11) is 0. The van der Waals surface area contributed by atoms with Crippen LogP contribution >= 0.6 is 0 Å². The van der Waals surface area contributed by atoms with Gasteiger partial charge < -0.3 is 0 Å². The number of allylic oxidation sites excluding steroid dienone is 1. The van der Waals surface area contributed by atoms with Gasteiger partial charge in [-0.1, -0.05) is 6.08 Å². The van der Waals surface area contributed by atoms with E-state index in [1.54, 1.807) is 6.08 Å². The van der Waals surface area contributed by atoms with E-state index in [1.165, 1.54) is 0 Å². The molecule has 0 spiro atoms. The van der Waals surface area contributed by atoms with E-state index >= 15 is 0 Å². The molecule has 128 valence electrons. The third-order valence-corrected chi connectivity index (χ3v) is 5.65. The topological polar surface area (TPSA) is 0 Å². The van der Waals surface area contributed by atoms with E-state index in [1.807, 2.05) is 0 Å². The number of halogens is 4. The maximum atomic E-state index is 14.4. The van der Waals surface area contributed by atoms with Crippen LogP contribution in [0.25, 0.3) is 0 Å². The van der Waals surface area contributed by atoms with Crippen molar-refractivity contribution in [1.29, 1.82) is 0 Å². The highest BCUT2D eigenvalue weighted by atomic mass is 19.3. The molecular formula is C18H28F4. The first-order valence-electron chi connectivity index (χ1n) is 8.58. The zero-order valence-electron chi connectivity index (χ0n) is 13.4. The van der Waals surface area contributed by atoms with E-state index < -0.39 is 18.3 Å². The normalized spacial score (nSPS) is 40.4. The van der Waals surface area contributed by atoms with Gasteiger partial charge in [-0.3, -0.25) is 0 Å². The summed E-state index contributed by atoms with van der Waals surface area (Å²) in [5, 5.41) is 0. The molecule has 0 aliphatic heterocycles. The Morgan fingerprint density at radius 3 is 2.18 bits per heavy atom. The summed E-state index contributed by atoms with van der Waals surface area (Å²) >= 11 is 0. The molecule has 2 fully saturated rings.